The lowest BCUT2D eigenvalue weighted by molar-refractivity contribution is 0.240. The molecule has 0 aromatic heterocycles. The molecular weight excluding hydrogens is 605 g/mol. The van der Waals surface area contributed by atoms with Crippen molar-refractivity contribution in [2.24, 2.45) is 0 Å². The molecule has 6 heteroatoms. The lowest BCUT2D eigenvalue weighted by atomic mass is 9.92. The van der Waals surface area contributed by atoms with Crippen LogP contribution in [0, 0.1) is 23.7 Å². The molecule has 0 fully saturated rings. The minimum Gasteiger partial charge on any atom is -0.339 e. The molecule has 0 aliphatic carbocycles. The predicted molar refractivity (Wildman–Crippen MR) is 197 cm³/mol. The van der Waals surface area contributed by atoms with Gasteiger partial charge in [-0.1, -0.05) is 76.1 Å². The predicted octanol–water partition coefficient (Wildman–Crippen LogP) is 10.3. The summed E-state index contributed by atoms with van der Waals surface area (Å²) in [5, 5.41) is 0.0161. The molecule has 0 aliphatic rings. The molecule has 242 valence electrons. The van der Waals surface area contributed by atoms with Gasteiger partial charge in [0.1, 0.15) is 0 Å². The zero-order chi connectivity index (χ0) is 33.3. The summed E-state index contributed by atoms with van der Waals surface area (Å²) in [6.45, 7) is 4.48. The number of carbonyl (C=O) groups excluding carboxylic acids is 2. The number of carbonyl (C=O) groups is 2. The molecule has 3 aromatic carbocycles. The topological polar surface area (TPSA) is 40.6 Å². The van der Waals surface area contributed by atoms with E-state index in [9.17, 15) is 9.59 Å². The highest BCUT2D eigenvalue weighted by Crippen LogP contribution is 2.24. The number of thioether (sulfide) groups is 2. The van der Waals surface area contributed by atoms with Crippen molar-refractivity contribution in [3.8, 4) is 23.7 Å². The lowest BCUT2D eigenvalue weighted by Crippen LogP contribution is -2.15. The van der Waals surface area contributed by atoms with E-state index in [0.717, 1.165) is 57.7 Å². The fraction of sp³-hybridized carbons (Fsp3) is 0.400. The Kier molecular flexibility index (Phi) is 15.9. The molecule has 2 amide bonds. The summed E-state index contributed by atoms with van der Waals surface area (Å²) in [4.78, 5) is 29.1. The zero-order valence-electron chi connectivity index (χ0n) is 28.4. The van der Waals surface area contributed by atoms with E-state index in [0.29, 0.717) is 0 Å². The molecule has 0 N–H and O–H groups in total. The number of rotatable bonds is 12. The molecule has 0 radical (unpaired) electrons. The third kappa shape index (κ3) is 12.7. The van der Waals surface area contributed by atoms with Crippen molar-refractivity contribution >= 4 is 34.0 Å². The number of hydrogen-bond donors (Lipinski definition) is 0. The van der Waals surface area contributed by atoms with Gasteiger partial charge in [0.15, 0.2) is 0 Å². The molecule has 0 saturated carbocycles. The largest absolute Gasteiger partial charge is 0.339 e. The standard InChI is InChI=1S/C40H48N2O2S2/c1-7-9-11-13-15-33-29-36(24-18-32-21-27-38(28-22-32)46-40(44)42(5)6)34(16-14-12-10-8-2)30-35(33)23-17-31-19-25-37(26-20-31)45-39(43)41(3)4/h19-22,25-30H,7-16H2,1-6H3. The smallest absolute Gasteiger partial charge is 0.285 e. The van der Waals surface area contributed by atoms with Crippen LogP contribution in [0.25, 0.3) is 0 Å². The maximum atomic E-state index is 12.1. The fourth-order valence-corrected chi connectivity index (χ4v) is 6.01. The van der Waals surface area contributed by atoms with Gasteiger partial charge in [-0.05, 0) is 121 Å². The highest BCUT2D eigenvalue weighted by molar-refractivity contribution is 8.13. The van der Waals surface area contributed by atoms with Gasteiger partial charge in [-0.25, -0.2) is 0 Å². The summed E-state index contributed by atoms with van der Waals surface area (Å²) in [5.41, 5.74) is 6.54. The van der Waals surface area contributed by atoms with Crippen molar-refractivity contribution in [1.29, 1.82) is 0 Å². The number of amides is 2. The Balaban J connectivity index is 1.94. The molecule has 3 aromatic rings. The molecule has 0 heterocycles. The third-order valence-electron chi connectivity index (χ3n) is 7.46. The van der Waals surface area contributed by atoms with E-state index in [2.05, 4.69) is 49.7 Å². The average Bonchev–Trinajstić information content (AvgIpc) is 3.05. The number of benzene rings is 3. The van der Waals surface area contributed by atoms with E-state index in [1.54, 1.807) is 38.0 Å². The van der Waals surface area contributed by atoms with Crippen LogP contribution in [0.5, 0.6) is 0 Å². The molecule has 0 atom stereocenters. The second-order valence-corrected chi connectivity index (χ2v) is 13.9. The minimum absolute atomic E-state index is 0.00807. The van der Waals surface area contributed by atoms with E-state index in [-0.39, 0.29) is 10.5 Å². The average molecular weight is 653 g/mol. The van der Waals surface area contributed by atoms with Gasteiger partial charge in [0.05, 0.1) is 0 Å². The normalized spacial score (nSPS) is 10.4. The lowest BCUT2D eigenvalue weighted by Gasteiger charge is -2.12. The Hall–Kier alpha value is -3.58. The summed E-state index contributed by atoms with van der Waals surface area (Å²) in [7, 11) is 7.05. The monoisotopic (exact) mass is 652 g/mol. The first-order chi connectivity index (χ1) is 22.2. The van der Waals surface area contributed by atoms with Gasteiger partial charge in [-0.2, -0.15) is 0 Å². The molecule has 46 heavy (non-hydrogen) atoms. The van der Waals surface area contributed by atoms with E-state index in [1.165, 1.54) is 73.2 Å². The molecule has 0 spiro atoms. The van der Waals surface area contributed by atoms with Crippen LogP contribution in [0.4, 0.5) is 9.59 Å². The number of nitrogens with zero attached hydrogens (tertiary/aromatic N) is 2. The molecule has 0 aliphatic heterocycles. The maximum absolute atomic E-state index is 12.1. The van der Waals surface area contributed by atoms with Crippen molar-refractivity contribution in [1.82, 2.24) is 9.80 Å². The van der Waals surface area contributed by atoms with Gasteiger partial charge < -0.3 is 9.80 Å². The van der Waals surface area contributed by atoms with Crippen molar-refractivity contribution in [3.63, 3.8) is 0 Å². The molecule has 0 bridgehead atoms. The van der Waals surface area contributed by atoms with Crippen LogP contribution in [0.2, 0.25) is 0 Å². The van der Waals surface area contributed by atoms with Crippen LogP contribution in [-0.2, 0) is 12.8 Å². The number of unbranched alkanes of at least 4 members (excludes halogenated alkanes) is 6. The summed E-state index contributed by atoms with van der Waals surface area (Å²) in [6.07, 6.45) is 11.5. The Labute approximate surface area is 286 Å². The SMILES string of the molecule is CCCCCCc1cc(C#Cc2ccc(SC(=O)N(C)C)cc2)c(CCCCCC)cc1C#Cc1ccc(SC(=O)N(C)C)cc1. The quantitative estimate of drug-likeness (QED) is 0.111. The van der Waals surface area contributed by atoms with Gasteiger partial charge in [0.25, 0.3) is 10.5 Å². The molecule has 3 rings (SSSR count). The van der Waals surface area contributed by atoms with Gasteiger partial charge >= 0.3 is 0 Å². The van der Waals surface area contributed by atoms with Crippen LogP contribution in [0.1, 0.15) is 98.6 Å². The summed E-state index contributed by atoms with van der Waals surface area (Å²) in [6, 6.07) is 20.4. The molecule has 0 saturated heterocycles. The van der Waals surface area contributed by atoms with Crippen molar-refractivity contribution in [2.75, 3.05) is 28.2 Å². The van der Waals surface area contributed by atoms with Crippen LogP contribution >= 0.6 is 23.5 Å². The van der Waals surface area contributed by atoms with Gasteiger partial charge in [0.2, 0.25) is 0 Å². The van der Waals surface area contributed by atoms with Crippen molar-refractivity contribution in [3.05, 3.63) is 94.0 Å². The first-order valence-electron chi connectivity index (χ1n) is 16.4. The van der Waals surface area contributed by atoms with Gasteiger partial charge in [-0.3, -0.25) is 9.59 Å². The second kappa shape index (κ2) is 19.8. The van der Waals surface area contributed by atoms with E-state index < -0.39 is 0 Å². The van der Waals surface area contributed by atoms with E-state index in [1.807, 2.05) is 48.5 Å². The van der Waals surface area contributed by atoms with E-state index >= 15 is 0 Å². The highest BCUT2D eigenvalue weighted by atomic mass is 32.2. The minimum atomic E-state index is 0.00807. The molecule has 4 nitrogen and oxygen atoms in total. The van der Waals surface area contributed by atoms with E-state index in [4.69, 9.17) is 0 Å². The first kappa shape index (κ1) is 36.9. The van der Waals surface area contributed by atoms with Crippen LogP contribution in [-0.4, -0.2) is 48.5 Å². The van der Waals surface area contributed by atoms with Crippen LogP contribution in [0.3, 0.4) is 0 Å². The Morgan fingerprint density at radius 3 is 1.24 bits per heavy atom. The molecular formula is C40H48N2O2S2. The van der Waals surface area contributed by atoms with Crippen molar-refractivity contribution in [2.45, 2.75) is 87.8 Å². The summed E-state index contributed by atoms with van der Waals surface area (Å²) in [5.74, 6) is 13.8. The zero-order valence-corrected chi connectivity index (χ0v) is 30.0. The van der Waals surface area contributed by atoms with Gasteiger partial charge in [-0.15, -0.1) is 0 Å². The van der Waals surface area contributed by atoms with Gasteiger partial charge in [0, 0.05) is 60.2 Å². The third-order valence-corrected chi connectivity index (χ3v) is 9.56. The van der Waals surface area contributed by atoms with Crippen LogP contribution < -0.4 is 0 Å². The fourth-order valence-electron chi connectivity index (χ4n) is 4.70. The summed E-state index contributed by atoms with van der Waals surface area (Å²) >= 11 is 2.44. The van der Waals surface area contributed by atoms with Crippen molar-refractivity contribution < 1.29 is 9.59 Å². The number of hydrogen-bond acceptors (Lipinski definition) is 4. The van der Waals surface area contributed by atoms with Crippen LogP contribution in [0.15, 0.2) is 70.5 Å². The first-order valence-corrected chi connectivity index (χ1v) is 18.0. The Morgan fingerprint density at radius 1 is 0.543 bits per heavy atom. The number of aryl methyl sites for hydroxylation is 2. The summed E-state index contributed by atoms with van der Waals surface area (Å²) < 4.78 is 0. The molecule has 0 unspecified atom stereocenters. The Bertz CT molecular complexity index is 1430. The maximum Gasteiger partial charge on any atom is 0.285 e. The Morgan fingerprint density at radius 2 is 0.913 bits per heavy atom. The highest BCUT2D eigenvalue weighted by Gasteiger charge is 2.10. The second-order valence-electron chi connectivity index (χ2n) is 11.9.